The van der Waals surface area contributed by atoms with Crippen LogP contribution >= 0.6 is 0 Å². The molecule has 1 aliphatic heterocycles. The van der Waals surface area contributed by atoms with Crippen LogP contribution in [0.5, 0.6) is 0 Å². The smallest absolute Gasteiger partial charge is 0.355 e. The molecule has 3 heterocycles. The average molecular weight is 496 g/mol. The van der Waals surface area contributed by atoms with Gasteiger partial charge in [-0.2, -0.15) is 0 Å². The molecule has 3 N–H and O–H groups in total. The number of aromatic amines is 2. The number of nitrogens with zero attached hydrogens (tertiary/aromatic N) is 2. The third kappa shape index (κ3) is 4.41. The van der Waals surface area contributed by atoms with E-state index in [0.29, 0.717) is 24.2 Å². The number of aromatic nitrogens is 3. The van der Waals surface area contributed by atoms with E-state index in [9.17, 15) is 23.9 Å². The number of esters is 1. The molecule has 4 rings (SSSR count). The Bertz CT molecular complexity index is 1340. The number of hydrogen-bond acceptors (Lipinski definition) is 5. The number of H-pyrrole nitrogens is 2. The summed E-state index contributed by atoms with van der Waals surface area (Å²) in [7, 11) is 0. The molecular formula is C26H28FN4O5+. The first-order valence-corrected chi connectivity index (χ1v) is 11.7. The Kier molecular flexibility index (Phi) is 7.05. The normalized spacial score (nSPS) is 17.1. The van der Waals surface area contributed by atoms with Gasteiger partial charge < -0.3 is 19.7 Å². The van der Waals surface area contributed by atoms with Gasteiger partial charge in [-0.3, -0.25) is 14.6 Å². The quantitative estimate of drug-likeness (QED) is 0.146. The summed E-state index contributed by atoms with van der Waals surface area (Å²) in [6.07, 6.45) is 5.86. The number of ketones is 1. The number of carbonyl (C=O) groups is 3. The molecule has 0 radical (unpaired) electrons. The lowest BCUT2D eigenvalue weighted by Crippen LogP contribution is -2.36. The Morgan fingerprint density at radius 1 is 1.25 bits per heavy atom. The summed E-state index contributed by atoms with van der Waals surface area (Å²) in [4.78, 5) is 45.8. The van der Waals surface area contributed by atoms with Gasteiger partial charge >= 0.3 is 5.97 Å². The van der Waals surface area contributed by atoms with Gasteiger partial charge in [-0.05, 0) is 32.4 Å². The van der Waals surface area contributed by atoms with Crippen molar-refractivity contribution in [3.63, 3.8) is 0 Å². The zero-order chi connectivity index (χ0) is 26.0. The van der Waals surface area contributed by atoms with Crippen molar-refractivity contribution >= 4 is 23.4 Å². The minimum Gasteiger partial charge on any atom is -0.507 e. The molecule has 36 heavy (non-hydrogen) atoms. The van der Waals surface area contributed by atoms with E-state index < -0.39 is 35.3 Å². The van der Waals surface area contributed by atoms with Crippen molar-refractivity contribution in [3.8, 4) is 0 Å². The van der Waals surface area contributed by atoms with Gasteiger partial charge in [0.05, 0.1) is 24.8 Å². The first-order chi connectivity index (χ1) is 17.3. The van der Waals surface area contributed by atoms with Crippen LogP contribution in [0.1, 0.15) is 52.3 Å². The zero-order valence-electron chi connectivity index (χ0n) is 20.3. The number of aryl methyl sites for hydroxylation is 2. The number of imidazole rings is 1. The summed E-state index contributed by atoms with van der Waals surface area (Å²) >= 11 is 0. The number of aliphatic hydroxyl groups is 1. The molecule has 0 saturated carbocycles. The second kappa shape index (κ2) is 10.2. The molecule has 1 atom stereocenters. The number of likely N-dealkylation sites (tertiary alicyclic amines) is 1. The maximum atomic E-state index is 15.0. The number of Topliss-reactive ketones (excluding diaryl/α,β-unsaturated/α-hetero) is 1. The molecule has 1 fully saturated rings. The number of aliphatic hydroxyl groups excluding tert-OH is 1. The van der Waals surface area contributed by atoms with Crippen LogP contribution in [-0.2, 0) is 20.9 Å². The van der Waals surface area contributed by atoms with Gasteiger partial charge in [0.1, 0.15) is 29.7 Å². The molecule has 1 aliphatic rings. The van der Waals surface area contributed by atoms with E-state index in [1.54, 1.807) is 39.4 Å². The Hall–Kier alpha value is -4.21. The Balaban J connectivity index is 1.80. The number of ether oxygens (including phenoxy) is 1. The lowest BCUT2D eigenvalue weighted by Gasteiger charge is -2.25. The number of benzene rings is 1. The minimum atomic E-state index is -1.12. The second-order valence-electron chi connectivity index (χ2n) is 8.56. The van der Waals surface area contributed by atoms with Crippen molar-refractivity contribution in [3.05, 3.63) is 82.5 Å². The SMILES string of the molecule is CCOC(=O)c1[nH]c(C)c(/C(O)=C2\C(=O)C(=O)N(CCC[n+]3cc[nH]c3)C2c2ccccc2F)c1C. The number of rotatable bonds is 8. The van der Waals surface area contributed by atoms with Gasteiger partial charge in [0.15, 0.2) is 0 Å². The lowest BCUT2D eigenvalue weighted by atomic mass is 9.93. The highest BCUT2D eigenvalue weighted by Gasteiger charge is 2.47. The zero-order valence-corrected chi connectivity index (χ0v) is 20.3. The van der Waals surface area contributed by atoms with Crippen molar-refractivity contribution < 1.29 is 33.2 Å². The van der Waals surface area contributed by atoms with Crippen LogP contribution in [-0.4, -0.2) is 50.8 Å². The fraction of sp³-hybridized carbons (Fsp3) is 0.308. The summed E-state index contributed by atoms with van der Waals surface area (Å²) in [6.45, 7) is 5.80. The van der Waals surface area contributed by atoms with Gasteiger partial charge in [0.2, 0.25) is 6.33 Å². The van der Waals surface area contributed by atoms with Crippen molar-refractivity contribution in [1.82, 2.24) is 14.9 Å². The van der Waals surface area contributed by atoms with E-state index in [1.807, 2.05) is 10.8 Å². The Morgan fingerprint density at radius 3 is 2.67 bits per heavy atom. The maximum Gasteiger partial charge on any atom is 0.355 e. The van der Waals surface area contributed by atoms with Gasteiger partial charge in [0.25, 0.3) is 11.7 Å². The molecule has 188 valence electrons. The molecule has 1 aromatic carbocycles. The van der Waals surface area contributed by atoms with Gasteiger partial charge in [-0.15, -0.1) is 0 Å². The van der Waals surface area contributed by atoms with E-state index in [0.717, 1.165) is 0 Å². The third-order valence-electron chi connectivity index (χ3n) is 6.31. The van der Waals surface area contributed by atoms with Crippen molar-refractivity contribution in [1.29, 1.82) is 0 Å². The average Bonchev–Trinajstić information content (AvgIpc) is 3.53. The molecule has 9 nitrogen and oxygen atoms in total. The highest BCUT2D eigenvalue weighted by atomic mass is 19.1. The van der Waals surface area contributed by atoms with Crippen molar-refractivity contribution in [2.24, 2.45) is 0 Å². The predicted octanol–water partition coefficient (Wildman–Crippen LogP) is 3.07. The topological polar surface area (TPSA) is 119 Å². The Morgan fingerprint density at radius 2 is 2.00 bits per heavy atom. The summed E-state index contributed by atoms with van der Waals surface area (Å²) in [6, 6.07) is 4.74. The van der Waals surface area contributed by atoms with E-state index in [4.69, 9.17) is 4.74 Å². The molecule has 1 unspecified atom stereocenters. The monoisotopic (exact) mass is 495 g/mol. The summed E-state index contributed by atoms with van der Waals surface area (Å²) in [5.41, 5.74) is 1.00. The molecule has 0 aliphatic carbocycles. The van der Waals surface area contributed by atoms with Crippen LogP contribution in [0.15, 0.2) is 48.6 Å². The van der Waals surface area contributed by atoms with Gasteiger partial charge in [0, 0.05) is 29.8 Å². The summed E-state index contributed by atoms with van der Waals surface area (Å²) < 4.78 is 21.9. The highest BCUT2D eigenvalue weighted by Crippen LogP contribution is 2.41. The fourth-order valence-electron chi connectivity index (χ4n) is 4.66. The summed E-state index contributed by atoms with van der Waals surface area (Å²) in [5, 5.41) is 11.4. The minimum absolute atomic E-state index is 0.101. The van der Waals surface area contributed by atoms with Crippen LogP contribution in [0, 0.1) is 19.7 Å². The second-order valence-corrected chi connectivity index (χ2v) is 8.56. The van der Waals surface area contributed by atoms with Crippen LogP contribution in [0.25, 0.3) is 5.76 Å². The highest BCUT2D eigenvalue weighted by molar-refractivity contribution is 6.46. The lowest BCUT2D eigenvalue weighted by molar-refractivity contribution is -0.695. The van der Waals surface area contributed by atoms with E-state index in [-0.39, 0.29) is 35.5 Å². The molecule has 2 aromatic heterocycles. The fourth-order valence-corrected chi connectivity index (χ4v) is 4.66. The molecule has 1 saturated heterocycles. The first-order valence-electron chi connectivity index (χ1n) is 11.7. The Labute approximate surface area is 207 Å². The maximum absolute atomic E-state index is 15.0. The van der Waals surface area contributed by atoms with Crippen LogP contribution in [0.4, 0.5) is 4.39 Å². The molecule has 3 aromatic rings. The van der Waals surface area contributed by atoms with Crippen molar-refractivity contribution in [2.45, 2.75) is 39.8 Å². The van der Waals surface area contributed by atoms with E-state index in [2.05, 4.69) is 9.97 Å². The number of nitrogens with one attached hydrogen (secondary N) is 2. The number of amides is 1. The number of hydrogen-bond donors (Lipinski definition) is 3. The first kappa shape index (κ1) is 24.9. The number of halogens is 1. The van der Waals surface area contributed by atoms with Gasteiger partial charge in [-0.1, -0.05) is 18.2 Å². The predicted molar refractivity (Wildman–Crippen MR) is 127 cm³/mol. The van der Waals surface area contributed by atoms with Crippen LogP contribution in [0.2, 0.25) is 0 Å². The summed E-state index contributed by atoms with van der Waals surface area (Å²) in [5.74, 6) is -3.40. The molecule has 1 amide bonds. The molecular weight excluding hydrogens is 467 g/mol. The number of carbonyl (C=O) groups excluding carboxylic acids is 3. The van der Waals surface area contributed by atoms with Gasteiger partial charge in [-0.25, -0.2) is 13.8 Å². The molecule has 0 bridgehead atoms. The standard InChI is InChI=1S/C26H27FN4O5/c1-4-36-26(35)21-15(2)19(16(3)29-21)23(32)20-22(17-8-5-6-9-18(17)27)31(25(34)24(20)33)12-7-11-30-13-10-28-14-30/h5-6,8-10,13-14,22H,4,7,11-12H2,1-3H3,(H2,29,32,33,35)/p+1. The molecule has 10 heteroatoms. The van der Waals surface area contributed by atoms with Crippen LogP contribution in [0.3, 0.4) is 0 Å². The third-order valence-corrected chi connectivity index (χ3v) is 6.31. The van der Waals surface area contributed by atoms with E-state index >= 15 is 0 Å². The van der Waals surface area contributed by atoms with Crippen molar-refractivity contribution in [2.75, 3.05) is 13.2 Å². The molecule has 0 spiro atoms. The largest absolute Gasteiger partial charge is 0.507 e. The van der Waals surface area contributed by atoms with Crippen LogP contribution < -0.4 is 4.57 Å². The van der Waals surface area contributed by atoms with E-state index in [1.165, 1.54) is 23.1 Å².